The molecule has 0 atom stereocenters. The molecule has 0 spiro atoms. The summed E-state index contributed by atoms with van der Waals surface area (Å²) in [6.45, 7) is 2.60. The van der Waals surface area contributed by atoms with Crippen molar-refractivity contribution in [3.05, 3.63) is 81.2 Å². The van der Waals surface area contributed by atoms with Gasteiger partial charge in [0.25, 0.3) is 11.6 Å². The molecule has 0 aromatic heterocycles. The minimum absolute atomic E-state index is 0.0974. The maximum absolute atomic E-state index is 13.2. The fraction of sp³-hybridized carbons (Fsp3) is 0.130. The Morgan fingerprint density at radius 3 is 2.74 bits per heavy atom. The number of non-ortho nitro benzene ring substituents is 1. The third-order valence-electron chi connectivity index (χ3n) is 4.76. The third-order valence-corrected chi connectivity index (χ3v) is 6.06. The Kier molecular flexibility index (Phi) is 6.01. The van der Waals surface area contributed by atoms with Gasteiger partial charge in [0.15, 0.2) is 4.32 Å². The van der Waals surface area contributed by atoms with Crippen LogP contribution in [0, 0.1) is 10.1 Å². The highest BCUT2D eigenvalue weighted by Crippen LogP contribution is 2.39. The van der Waals surface area contributed by atoms with Gasteiger partial charge in [-0.15, -0.1) is 0 Å². The zero-order valence-corrected chi connectivity index (χ0v) is 18.2. The quantitative estimate of drug-likeness (QED) is 0.200. The molecule has 8 heteroatoms. The summed E-state index contributed by atoms with van der Waals surface area (Å²) in [5.41, 5.74) is 1.09. The molecule has 1 saturated heterocycles. The van der Waals surface area contributed by atoms with Crippen LogP contribution in [-0.4, -0.2) is 21.8 Å². The molecule has 0 radical (unpaired) electrons. The lowest BCUT2D eigenvalue weighted by Crippen LogP contribution is -2.27. The minimum Gasteiger partial charge on any atom is -0.493 e. The van der Waals surface area contributed by atoms with Gasteiger partial charge in [-0.1, -0.05) is 67.3 Å². The molecule has 1 heterocycles. The Labute approximate surface area is 188 Å². The standard InChI is InChI=1S/C23H18N2O4S2/c1-2-12-29-20-11-10-15-6-3-4-9-18(15)19(20)14-21-22(26)24(23(30)31-21)16-7-5-8-17(13-16)25(27)28/h3-11,13-14H,2,12H2,1H3/b21-14+. The summed E-state index contributed by atoms with van der Waals surface area (Å²) in [6, 6.07) is 17.7. The van der Waals surface area contributed by atoms with Crippen LogP contribution in [0.1, 0.15) is 18.9 Å². The van der Waals surface area contributed by atoms with Gasteiger partial charge in [0, 0.05) is 17.7 Å². The first-order valence-corrected chi connectivity index (χ1v) is 10.9. The SMILES string of the molecule is CCCOc1ccc2ccccc2c1/C=C1/SC(=S)N(c2cccc([N+](=O)[O-])c2)C1=O. The fourth-order valence-corrected chi connectivity index (χ4v) is 4.61. The molecule has 3 aromatic carbocycles. The average Bonchev–Trinajstić information content (AvgIpc) is 3.06. The Hall–Kier alpha value is -3.23. The van der Waals surface area contributed by atoms with Crippen molar-refractivity contribution in [3.63, 3.8) is 0 Å². The topological polar surface area (TPSA) is 72.7 Å². The molecular formula is C23H18N2O4S2. The van der Waals surface area contributed by atoms with Crippen molar-refractivity contribution in [1.82, 2.24) is 0 Å². The molecule has 0 N–H and O–H groups in total. The number of nitro benzene ring substituents is 1. The molecule has 1 amide bonds. The van der Waals surface area contributed by atoms with Gasteiger partial charge < -0.3 is 4.74 Å². The fourth-order valence-electron chi connectivity index (χ4n) is 3.33. The largest absolute Gasteiger partial charge is 0.493 e. The number of carbonyl (C=O) groups is 1. The number of fused-ring (bicyclic) bond motifs is 1. The van der Waals surface area contributed by atoms with E-state index < -0.39 is 4.92 Å². The minimum atomic E-state index is -0.496. The number of nitro groups is 1. The van der Waals surface area contributed by atoms with Gasteiger partial charge in [-0.2, -0.15) is 0 Å². The van der Waals surface area contributed by atoms with E-state index in [4.69, 9.17) is 17.0 Å². The predicted octanol–water partition coefficient (Wildman–Crippen LogP) is 5.94. The highest BCUT2D eigenvalue weighted by atomic mass is 32.2. The van der Waals surface area contributed by atoms with E-state index in [-0.39, 0.29) is 11.6 Å². The van der Waals surface area contributed by atoms with Gasteiger partial charge in [0.2, 0.25) is 0 Å². The number of carbonyl (C=O) groups excluding carboxylic acids is 1. The number of ether oxygens (including phenoxy) is 1. The van der Waals surface area contributed by atoms with E-state index in [1.165, 1.54) is 34.9 Å². The second-order valence-electron chi connectivity index (χ2n) is 6.84. The van der Waals surface area contributed by atoms with E-state index in [0.29, 0.717) is 27.3 Å². The van der Waals surface area contributed by atoms with Crippen LogP contribution in [-0.2, 0) is 4.79 Å². The summed E-state index contributed by atoms with van der Waals surface area (Å²) in [4.78, 5) is 25.6. The van der Waals surface area contributed by atoms with Crippen molar-refractivity contribution in [3.8, 4) is 5.75 Å². The Morgan fingerprint density at radius 2 is 1.97 bits per heavy atom. The maximum Gasteiger partial charge on any atom is 0.271 e. The molecule has 0 unspecified atom stereocenters. The van der Waals surface area contributed by atoms with Gasteiger partial charge in [0.1, 0.15) is 5.75 Å². The molecule has 1 aliphatic heterocycles. The van der Waals surface area contributed by atoms with Crippen LogP contribution in [0.25, 0.3) is 16.8 Å². The Bertz CT molecular complexity index is 1240. The molecule has 4 rings (SSSR count). The van der Waals surface area contributed by atoms with E-state index >= 15 is 0 Å². The van der Waals surface area contributed by atoms with Crippen LogP contribution >= 0.6 is 24.0 Å². The second kappa shape index (κ2) is 8.87. The third kappa shape index (κ3) is 4.17. The highest BCUT2D eigenvalue weighted by molar-refractivity contribution is 8.27. The normalized spacial score (nSPS) is 15.1. The lowest BCUT2D eigenvalue weighted by atomic mass is 10.0. The van der Waals surface area contributed by atoms with E-state index in [9.17, 15) is 14.9 Å². The molecule has 156 valence electrons. The van der Waals surface area contributed by atoms with Crippen LogP contribution in [0.15, 0.2) is 65.6 Å². The second-order valence-corrected chi connectivity index (χ2v) is 8.52. The van der Waals surface area contributed by atoms with Crippen LogP contribution in [0.5, 0.6) is 5.75 Å². The van der Waals surface area contributed by atoms with Gasteiger partial charge >= 0.3 is 0 Å². The van der Waals surface area contributed by atoms with Crippen LogP contribution < -0.4 is 9.64 Å². The molecule has 1 fully saturated rings. The smallest absolute Gasteiger partial charge is 0.271 e. The summed E-state index contributed by atoms with van der Waals surface area (Å²) in [6.07, 6.45) is 2.66. The predicted molar refractivity (Wildman–Crippen MR) is 128 cm³/mol. The summed E-state index contributed by atoms with van der Waals surface area (Å²) in [5.74, 6) is 0.381. The van der Waals surface area contributed by atoms with E-state index in [1.54, 1.807) is 12.1 Å². The van der Waals surface area contributed by atoms with E-state index in [0.717, 1.165) is 22.8 Å². The number of hydrogen-bond acceptors (Lipinski definition) is 6. The lowest BCUT2D eigenvalue weighted by molar-refractivity contribution is -0.384. The van der Waals surface area contributed by atoms with Crippen LogP contribution in [0.2, 0.25) is 0 Å². The van der Waals surface area contributed by atoms with Crippen LogP contribution in [0.4, 0.5) is 11.4 Å². The summed E-state index contributed by atoms with van der Waals surface area (Å²) >= 11 is 6.60. The molecule has 0 aliphatic carbocycles. The van der Waals surface area contributed by atoms with Crippen molar-refractivity contribution in [2.24, 2.45) is 0 Å². The molecule has 31 heavy (non-hydrogen) atoms. The van der Waals surface area contributed by atoms with Gasteiger partial charge in [-0.25, -0.2) is 0 Å². The van der Waals surface area contributed by atoms with Crippen molar-refractivity contribution in [1.29, 1.82) is 0 Å². The number of rotatable bonds is 6. The maximum atomic E-state index is 13.2. The van der Waals surface area contributed by atoms with Gasteiger partial charge in [0.05, 0.1) is 22.1 Å². The first kappa shape index (κ1) is 21.0. The zero-order chi connectivity index (χ0) is 22.0. The number of benzene rings is 3. The zero-order valence-electron chi connectivity index (χ0n) is 16.6. The van der Waals surface area contributed by atoms with Crippen LogP contribution in [0.3, 0.4) is 0 Å². The van der Waals surface area contributed by atoms with Gasteiger partial charge in [-0.05, 0) is 35.4 Å². The monoisotopic (exact) mass is 450 g/mol. The molecule has 0 bridgehead atoms. The highest BCUT2D eigenvalue weighted by Gasteiger charge is 2.34. The molecule has 0 saturated carbocycles. The Balaban J connectivity index is 1.77. The van der Waals surface area contributed by atoms with Gasteiger partial charge in [-0.3, -0.25) is 19.8 Å². The first-order valence-electron chi connectivity index (χ1n) is 9.66. The number of thiocarbonyl (C=S) groups is 1. The number of nitrogens with zero attached hydrogens (tertiary/aromatic N) is 2. The average molecular weight is 451 g/mol. The van der Waals surface area contributed by atoms with Crippen molar-refractivity contribution in [2.75, 3.05) is 11.5 Å². The summed E-state index contributed by atoms with van der Waals surface area (Å²) in [7, 11) is 0. The number of thioether (sulfide) groups is 1. The summed E-state index contributed by atoms with van der Waals surface area (Å²) in [5, 5.41) is 13.1. The van der Waals surface area contributed by atoms with Crippen molar-refractivity contribution in [2.45, 2.75) is 13.3 Å². The lowest BCUT2D eigenvalue weighted by Gasteiger charge is -2.14. The molecular weight excluding hydrogens is 432 g/mol. The Morgan fingerprint density at radius 1 is 1.16 bits per heavy atom. The molecule has 3 aromatic rings. The number of hydrogen-bond donors (Lipinski definition) is 0. The van der Waals surface area contributed by atoms with E-state index in [1.807, 2.05) is 43.3 Å². The summed E-state index contributed by atoms with van der Waals surface area (Å²) < 4.78 is 6.26. The first-order chi connectivity index (χ1) is 15.0. The molecule has 6 nitrogen and oxygen atoms in total. The van der Waals surface area contributed by atoms with Crippen molar-refractivity contribution < 1.29 is 14.5 Å². The molecule has 1 aliphatic rings. The van der Waals surface area contributed by atoms with E-state index in [2.05, 4.69) is 0 Å². The number of amides is 1. The van der Waals surface area contributed by atoms with Crippen molar-refractivity contribution >= 4 is 62.4 Å². The number of anilines is 1.